The summed E-state index contributed by atoms with van der Waals surface area (Å²) in [5.74, 6) is 0.403. The first-order valence-corrected chi connectivity index (χ1v) is 8.09. The van der Waals surface area contributed by atoms with Crippen molar-refractivity contribution in [3.05, 3.63) is 70.2 Å². The van der Waals surface area contributed by atoms with Crippen molar-refractivity contribution < 1.29 is 0 Å². The molecule has 0 saturated heterocycles. The van der Waals surface area contributed by atoms with Crippen molar-refractivity contribution in [2.24, 2.45) is 11.7 Å². The van der Waals surface area contributed by atoms with Gasteiger partial charge in [0.2, 0.25) is 0 Å². The van der Waals surface area contributed by atoms with Gasteiger partial charge in [0.15, 0.2) is 0 Å². The van der Waals surface area contributed by atoms with Crippen LogP contribution in [-0.4, -0.2) is 18.5 Å². The number of nitrogens with two attached hydrogens (primary N) is 1. The van der Waals surface area contributed by atoms with Gasteiger partial charge in [0.1, 0.15) is 0 Å². The van der Waals surface area contributed by atoms with Crippen LogP contribution in [0.1, 0.15) is 24.1 Å². The summed E-state index contributed by atoms with van der Waals surface area (Å²) >= 11 is 3.61. The highest BCUT2D eigenvalue weighted by Gasteiger charge is 2.16. The zero-order valence-electron chi connectivity index (χ0n) is 12.7. The summed E-state index contributed by atoms with van der Waals surface area (Å²) in [6.45, 7) is 4.11. The van der Waals surface area contributed by atoms with Gasteiger partial charge in [-0.15, -0.1) is 0 Å². The zero-order chi connectivity index (χ0) is 15.2. The first-order chi connectivity index (χ1) is 10.1. The van der Waals surface area contributed by atoms with Crippen LogP contribution in [0.15, 0.2) is 59.1 Å². The minimum Gasteiger partial charge on any atom is -0.324 e. The fourth-order valence-corrected chi connectivity index (χ4v) is 3.00. The Kier molecular flexibility index (Phi) is 5.97. The Labute approximate surface area is 136 Å². The van der Waals surface area contributed by atoms with Crippen molar-refractivity contribution >= 4 is 15.9 Å². The smallest absolute Gasteiger partial charge is 0.0333 e. The highest BCUT2D eigenvalue weighted by Crippen LogP contribution is 2.22. The summed E-state index contributed by atoms with van der Waals surface area (Å²) in [5, 5.41) is 0. The minimum absolute atomic E-state index is 0.0767. The molecule has 3 heteroatoms. The molecule has 0 aliphatic carbocycles. The second-order valence-electron chi connectivity index (χ2n) is 5.70. The average Bonchev–Trinajstić information content (AvgIpc) is 2.49. The maximum Gasteiger partial charge on any atom is 0.0333 e. The molecular formula is C18H23BrN2. The first kappa shape index (κ1) is 16.2. The number of hydrogen-bond donors (Lipinski definition) is 1. The van der Waals surface area contributed by atoms with Gasteiger partial charge < -0.3 is 10.6 Å². The van der Waals surface area contributed by atoms with Crippen LogP contribution in [0, 0.1) is 5.92 Å². The largest absolute Gasteiger partial charge is 0.324 e. The molecule has 2 rings (SSSR count). The van der Waals surface area contributed by atoms with Crippen LogP contribution >= 0.6 is 15.9 Å². The molecule has 2 unspecified atom stereocenters. The van der Waals surface area contributed by atoms with Crippen LogP contribution < -0.4 is 5.73 Å². The summed E-state index contributed by atoms with van der Waals surface area (Å²) in [4.78, 5) is 2.33. The van der Waals surface area contributed by atoms with Crippen molar-refractivity contribution in [3.63, 3.8) is 0 Å². The standard InChI is InChI=1S/C18H23BrN2/c1-14(18(20)15-8-4-3-5-9-15)12-21(2)13-16-10-6-7-11-17(16)19/h3-11,14,18H,12-13,20H2,1-2H3. The molecule has 0 aliphatic rings. The lowest BCUT2D eigenvalue weighted by molar-refractivity contribution is 0.257. The van der Waals surface area contributed by atoms with E-state index in [1.165, 1.54) is 11.1 Å². The van der Waals surface area contributed by atoms with E-state index in [2.05, 4.69) is 65.1 Å². The summed E-state index contributed by atoms with van der Waals surface area (Å²) < 4.78 is 1.16. The highest BCUT2D eigenvalue weighted by atomic mass is 79.9. The third-order valence-electron chi connectivity index (χ3n) is 3.80. The third-order valence-corrected chi connectivity index (χ3v) is 4.57. The summed E-state index contributed by atoms with van der Waals surface area (Å²) in [6, 6.07) is 18.8. The van der Waals surface area contributed by atoms with Crippen LogP contribution in [0.4, 0.5) is 0 Å². The quantitative estimate of drug-likeness (QED) is 0.848. The van der Waals surface area contributed by atoms with Crippen LogP contribution in [0.2, 0.25) is 0 Å². The lowest BCUT2D eigenvalue weighted by Crippen LogP contribution is -2.30. The third kappa shape index (κ3) is 4.67. The molecule has 21 heavy (non-hydrogen) atoms. The van der Waals surface area contributed by atoms with Crippen LogP contribution in [0.25, 0.3) is 0 Å². The Bertz CT molecular complexity index is 556. The van der Waals surface area contributed by atoms with Crippen molar-refractivity contribution in [1.29, 1.82) is 0 Å². The monoisotopic (exact) mass is 346 g/mol. The molecule has 0 heterocycles. The van der Waals surface area contributed by atoms with E-state index in [1.807, 2.05) is 24.3 Å². The summed E-state index contributed by atoms with van der Waals surface area (Å²) in [7, 11) is 2.15. The van der Waals surface area contributed by atoms with Crippen molar-refractivity contribution in [2.45, 2.75) is 19.5 Å². The van der Waals surface area contributed by atoms with Gasteiger partial charge in [0.05, 0.1) is 0 Å². The maximum absolute atomic E-state index is 6.37. The molecule has 2 nitrogen and oxygen atoms in total. The van der Waals surface area contributed by atoms with Gasteiger partial charge in [0, 0.05) is 23.6 Å². The molecule has 0 fully saturated rings. The molecular weight excluding hydrogens is 324 g/mol. The van der Waals surface area contributed by atoms with E-state index in [0.29, 0.717) is 5.92 Å². The number of rotatable bonds is 6. The number of benzene rings is 2. The predicted molar refractivity (Wildman–Crippen MR) is 93.0 cm³/mol. The lowest BCUT2D eigenvalue weighted by atomic mass is 9.95. The lowest BCUT2D eigenvalue weighted by Gasteiger charge is -2.26. The number of nitrogens with zero attached hydrogens (tertiary/aromatic N) is 1. The Morgan fingerprint density at radius 3 is 2.33 bits per heavy atom. The zero-order valence-corrected chi connectivity index (χ0v) is 14.3. The van der Waals surface area contributed by atoms with Gasteiger partial charge in [-0.05, 0) is 30.2 Å². The van der Waals surface area contributed by atoms with E-state index in [4.69, 9.17) is 5.73 Å². The molecule has 2 N–H and O–H groups in total. The number of hydrogen-bond acceptors (Lipinski definition) is 2. The minimum atomic E-state index is 0.0767. The Balaban J connectivity index is 1.93. The van der Waals surface area contributed by atoms with Gasteiger partial charge in [-0.25, -0.2) is 0 Å². The second-order valence-corrected chi connectivity index (χ2v) is 6.56. The highest BCUT2D eigenvalue weighted by molar-refractivity contribution is 9.10. The number of halogens is 1. The second kappa shape index (κ2) is 7.74. The fourth-order valence-electron chi connectivity index (χ4n) is 2.59. The molecule has 0 bridgehead atoms. The maximum atomic E-state index is 6.37. The molecule has 2 aromatic rings. The Hall–Kier alpha value is -1.16. The van der Waals surface area contributed by atoms with Gasteiger partial charge in [-0.3, -0.25) is 0 Å². The van der Waals surface area contributed by atoms with Gasteiger partial charge >= 0.3 is 0 Å². The van der Waals surface area contributed by atoms with E-state index in [0.717, 1.165) is 17.6 Å². The van der Waals surface area contributed by atoms with E-state index in [9.17, 15) is 0 Å². The predicted octanol–water partition coefficient (Wildman–Crippen LogP) is 4.22. The van der Waals surface area contributed by atoms with E-state index in [-0.39, 0.29) is 6.04 Å². The van der Waals surface area contributed by atoms with Crippen LogP contribution in [-0.2, 0) is 6.54 Å². The Morgan fingerprint density at radius 1 is 1.05 bits per heavy atom. The molecule has 0 radical (unpaired) electrons. The van der Waals surface area contributed by atoms with Crippen molar-refractivity contribution in [3.8, 4) is 0 Å². The van der Waals surface area contributed by atoms with E-state index in [1.54, 1.807) is 0 Å². The first-order valence-electron chi connectivity index (χ1n) is 7.30. The summed E-state index contributed by atoms with van der Waals surface area (Å²) in [5.41, 5.74) is 8.89. The summed E-state index contributed by atoms with van der Waals surface area (Å²) in [6.07, 6.45) is 0. The Morgan fingerprint density at radius 2 is 1.67 bits per heavy atom. The average molecular weight is 347 g/mol. The van der Waals surface area contributed by atoms with Gasteiger partial charge in [-0.2, -0.15) is 0 Å². The molecule has 0 aromatic heterocycles. The normalized spacial score (nSPS) is 14.1. The molecule has 0 amide bonds. The molecule has 112 valence electrons. The van der Waals surface area contributed by atoms with E-state index >= 15 is 0 Å². The fraction of sp³-hybridized carbons (Fsp3) is 0.333. The van der Waals surface area contributed by atoms with Crippen molar-refractivity contribution in [2.75, 3.05) is 13.6 Å². The topological polar surface area (TPSA) is 29.3 Å². The SMILES string of the molecule is CC(CN(C)Cc1ccccc1Br)C(N)c1ccccc1. The molecule has 2 atom stereocenters. The molecule has 2 aromatic carbocycles. The van der Waals surface area contributed by atoms with Crippen LogP contribution in [0.5, 0.6) is 0 Å². The van der Waals surface area contributed by atoms with Crippen LogP contribution in [0.3, 0.4) is 0 Å². The molecule has 0 aliphatic heterocycles. The molecule has 0 saturated carbocycles. The van der Waals surface area contributed by atoms with Gasteiger partial charge in [0.25, 0.3) is 0 Å². The molecule has 0 spiro atoms. The van der Waals surface area contributed by atoms with Gasteiger partial charge in [-0.1, -0.05) is 71.4 Å². The van der Waals surface area contributed by atoms with Crippen molar-refractivity contribution in [1.82, 2.24) is 4.90 Å². The van der Waals surface area contributed by atoms with E-state index < -0.39 is 0 Å².